The van der Waals surface area contributed by atoms with E-state index in [4.69, 9.17) is 4.74 Å². The summed E-state index contributed by atoms with van der Waals surface area (Å²) in [7, 11) is 0. The summed E-state index contributed by atoms with van der Waals surface area (Å²) in [6.07, 6.45) is 5.98. The largest absolute Gasteiger partial charge is 0.454 e. The molecule has 3 aliphatic rings. The number of H-pyrrole nitrogens is 1. The van der Waals surface area contributed by atoms with Gasteiger partial charge in [-0.05, 0) is 30.4 Å². The molecule has 8 heteroatoms. The van der Waals surface area contributed by atoms with Gasteiger partial charge in [0, 0.05) is 16.7 Å². The summed E-state index contributed by atoms with van der Waals surface area (Å²) in [4.78, 5) is 30.4. The molecule has 5 rings (SSSR count). The molecule has 0 fully saturated rings. The number of carbonyl (C=O) groups is 2. The van der Waals surface area contributed by atoms with Crippen LogP contribution in [0.2, 0.25) is 0 Å². The van der Waals surface area contributed by atoms with Crippen molar-refractivity contribution in [3.8, 4) is 5.75 Å². The second kappa shape index (κ2) is 5.87. The molecule has 1 amide bonds. The van der Waals surface area contributed by atoms with Crippen molar-refractivity contribution >= 4 is 11.7 Å². The number of aromatic amines is 1. The zero-order valence-electron chi connectivity index (χ0n) is 16.0. The number of hydrogen-bond donors (Lipinski definition) is 3. The van der Waals surface area contributed by atoms with Crippen molar-refractivity contribution in [3.63, 3.8) is 0 Å². The molecule has 0 bridgehead atoms. The van der Waals surface area contributed by atoms with Crippen LogP contribution < -0.4 is 10.1 Å². The van der Waals surface area contributed by atoms with E-state index in [2.05, 4.69) is 20.5 Å². The number of ether oxygens (including phenoxy) is 1. The van der Waals surface area contributed by atoms with Gasteiger partial charge < -0.3 is 15.2 Å². The quantitative estimate of drug-likeness (QED) is 0.734. The van der Waals surface area contributed by atoms with E-state index in [1.165, 1.54) is 6.33 Å². The van der Waals surface area contributed by atoms with Crippen molar-refractivity contribution < 1.29 is 19.4 Å². The standard InChI is InChI=1S/C21H20N4O4/c1-11(2)12-7-8-15-16(9-12)29-21(28)14-6-4-3-5-13(14)17(26)20(15,21)24-19(27)18-22-10-23-25-18/h4,6-11,28H,3,5H2,1-2H3,(H,24,27)(H,22,23,25). The lowest BCUT2D eigenvalue weighted by atomic mass is 9.81. The number of Topliss-reactive ketones (excluding diaryl/α,β-unsaturated/α-hetero) is 1. The first-order valence-electron chi connectivity index (χ1n) is 9.57. The third-order valence-corrected chi connectivity index (χ3v) is 5.92. The first-order valence-corrected chi connectivity index (χ1v) is 9.57. The fourth-order valence-corrected chi connectivity index (χ4v) is 4.44. The lowest BCUT2D eigenvalue weighted by Gasteiger charge is -2.35. The zero-order valence-corrected chi connectivity index (χ0v) is 16.0. The predicted molar refractivity (Wildman–Crippen MR) is 102 cm³/mol. The van der Waals surface area contributed by atoms with Gasteiger partial charge >= 0.3 is 0 Å². The number of ketones is 1. The SMILES string of the molecule is CC(C)c1ccc2c(c1)OC1(O)C3=C(CCC=C3)C(=O)C21NC(=O)c1ncn[nH]1. The lowest BCUT2D eigenvalue weighted by Crippen LogP contribution is -2.63. The number of fused-ring (bicyclic) bond motifs is 4. The molecule has 29 heavy (non-hydrogen) atoms. The van der Waals surface area contributed by atoms with E-state index < -0.39 is 17.2 Å². The molecule has 0 saturated heterocycles. The van der Waals surface area contributed by atoms with Crippen molar-refractivity contribution in [1.29, 1.82) is 0 Å². The molecule has 148 valence electrons. The lowest BCUT2D eigenvalue weighted by molar-refractivity contribution is -0.154. The van der Waals surface area contributed by atoms with Crippen LogP contribution in [0.25, 0.3) is 0 Å². The Labute approximate surface area is 166 Å². The number of aliphatic hydroxyl groups is 1. The van der Waals surface area contributed by atoms with Crippen LogP contribution in [0.5, 0.6) is 5.75 Å². The summed E-state index contributed by atoms with van der Waals surface area (Å²) in [6.45, 7) is 4.09. The average Bonchev–Trinajstić information content (AvgIpc) is 3.37. The van der Waals surface area contributed by atoms with E-state index in [9.17, 15) is 14.7 Å². The van der Waals surface area contributed by atoms with Gasteiger partial charge in [-0.1, -0.05) is 38.1 Å². The van der Waals surface area contributed by atoms with E-state index in [0.717, 1.165) is 5.56 Å². The van der Waals surface area contributed by atoms with Crippen molar-refractivity contribution in [2.75, 3.05) is 0 Å². The van der Waals surface area contributed by atoms with Crippen LogP contribution in [-0.4, -0.2) is 37.8 Å². The van der Waals surface area contributed by atoms with Crippen molar-refractivity contribution in [1.82, 2.24) is 20.5 Å². The van der Waals surface area contributed by atoms with Crippen LogP contribution >= 0.6 is 0 Å². The Kier molecular flexibility index (Phi) is 3.61. The third kappa shape index (κ3) is 2.17. The Bertz CT molecular complexity index is 1100. The van der Waals surface area contributed by atoms with Gasteiger partial charge in [-0.15, -0.1) is 0 Å². The number of amides is 1. The van der Waals surface area contributed by atoms with Crippen molar-refractivity contribution in [2.45, 2.75) is 43.9 Å². The highest BCUT2D eigenvalue weighted by molar-refractivity contribution is 6.13. The molecule has 3 N–H and O–H groups in total. The molecule has 1 aromatic heterocycles. The molecule has 0 spiro atoms. The van der Waals surface area contributed by atoms with E-state index in [1.807, 2.05) is 32.1 Å². The highest BCUT2D eigenvalue weighted by atomic mass is 16.6. The molecule has 2 atom stereocenters. The molecule has 2 unspecified atom stereocenters. The van der Waals surface area contributed by atoms with Gasteiger partial charge in [0.05, 0.1) is 0 Å². The molecule has 1 aromatic carbocycles. The van der Waals surface area contributed by atoms with Gasteiger partial charge in [-0.3, -0.25) is 14.7 Å². The number of nitrogens with zero attached hydrogens (tertiary/aromatic N) is 2. The third-order valence-electron chi connectivity index (χ3n) is 5.92. The maximum Gasteiger partial charge on any atom is 0.289 e. The monoisotopic (exact) mass is 392 g/mol. The molecular weight excluding hydrogens is 372 g/mol. The summed E-state index contributed by atoms with van der Waals surface area (Å²) in [5.41, 5.74) is 0.538. The van der Waals surface area contributed by atoms with Crippen LogP contribution in [0.3, 0.4) is 0 Å². The molecule has 8 nitrogen and oxygen atoms in total. The second-order valence-electron chi connectivity index (χ2n) is 7.86. The minimum Gasteiger partial charge on any atom is -0.454 e. The van der Waals surface area contributed by atoms with Gasteiger partial charge in [-0.2, -0.15) is 5.10 Å². The highest BCUT2D eigenvalue weighted by Crippen LogP contribution is 2.58. The Morgan fingerprint density at radius 3 is 2.93 bits per heavy atom. The van der Waals surface area contributed by atoms with Crippen LogP contribution in [0.15, 0.2) is 47.8 Å². The Balaban J connectivity index is 1.70. The summed E-state index contributed by atoms with van der Waals surface area (Å²) in [5, 5.41) is 20.6. The van der Waals surface area contributed by atoms with Crippen molar-refractivity contribution in [3.05, 3.63) is 64.8 Å². The maximum atomic E-state index is 13.6. The molecule has 1 aliphatic heterocycles. The second-order valence-corrected chi connectivity index (χ2v) is 7.86. The minimum atomic E-state index is -2.02. The smallest absolute Gasteiger partial charge is 0.289 e. The molecule has 2 heterocycles. The Morgan fingerprint density at radius 2 is 2.21 bits per heavy atom. The molecule has 2 aliphatic carbocycles. The van der Waals surface area contributed by atoms with Gasteiger partial charge in [0.1, 0.15) is 12.1 Å². The minimum absolute atomic E-state index is 0.0535. The zero-order chi connectivity index (χ0) is 20.4. The normalized spacial score (nSPS) is 27.0. The van der Waals surface area contributed by atoms with Gasteiger partial charge in [0.25, 0.3) is 11.7 Å². The number of aromatic nitrogens is 3. The van der Waals surface area contributed by atoms with E-state index in [1.54, 1.807) is 12.1 Å². The van der Waals surface area contributed by atoms with Crippen LogP contribution in [0.1, 0.15) is 54.4 Å². The fourth-order valence-electron chi connectivity index (χ4n) is 4.44. The van der Waals surface area contributed by atoms with E-state index in [0.29, 0.717) is 35.3 Å². The topological polar surface area (TPSA) is 117 Å². The summed E-state index contributed by atoms with van der Waals surface area (Å²) in [5.74, 6) is -2.47. The highest BCUT2D eigenvalue weighted by Gasteiger charge is 2.72. The Morgan fingerprint density at radius 1 is 1.38 bits per heavy atom. The molecule has 2 aromatic rings. The first kappa shape index (κ1) is 17.8. The summed E-state index contributed by atoms with van der Waals surface area (Å²) < 4.78 is 6.04. The number of nitrogens with one attached hydrogen (secondary N) is 2. The Hall–Kier alpha value is -3.26. The van der Waals surface area contributed by atoms with Crippen LogP contribution in [0.4, 0.5) is 0 Å². The average molecular weight is 392 g/mol. The van der Waals surface area contributed by atoms with Crippen LogP contribution in [-0.2, 0) is 10.3 Å². The fraction of sp³-hybridized carbons (Fsp3) is 0.333. The number of rotatable bonds is 3. The van der Waals surface area contributed by atoms with E-state index in [-0.39, 0.29) is 17.5 Å². The van der Waals surface area contributed by atoms with Gasteiger partial charge in [0.2, 0.25) is 11.4 Å². The number of hydrogen-bond acceptors (Lipinski definition) is 6. The van der Waals surface area contributed by atoms with Crippen LogP contribution in [0, 0.1) is 0 Å². The van der Waals surface area contributed by atoms with E-state index >= 15 is 0 Å². The molecule has 0 radical (unpaired) electrons. The van der Waals surface area contributed by atoms with Gasteiger partial charge in [-0.25, -0.2) is 4.98 Å². The molecular formula is C21H20N4O4. The number of benzene rings is 1. The van der Waals surface area contributed by atoms with Gasteiger partial charge in [0.15, 0.2) is 5.78 Å². The maximum absolute atomic E-state index is 13.6. The first-order chi connectivity index (χ1) is 13.9. The van der Waals surface area contributed by atoms with Crippen molar-refractivity contribution in [2.24, 2.45) is 0 Å². The molecule has 0 saturated carbocycles. The number of allylic oxidation sites excluding steroid dienone is 1. The summed E-state index contributed by atoms with van der Waals surface area (Å²) >= 11 is 0. The predicted octanol–water partition coefficient (Wildman–Crippen LogP) is 1.86. The number of carbonyl (C=O) groups excluding carboxylic acids is 2. The summed E-state index contributed by atoms with van der Waals surface area (Å²) in [6, 6.07) is 5.46.